The molecule has 0 bridgehead atoms. The van der Waals surface area contributed by atoms with E-state index in [0.717, 1.165) is 0 Å². The first-order valence-electron chi connectivity index (χ1n) is 6.72. The molecule has 18 heteroatoms. The van der Waals surface area contributed by atoms with E-state index < -0.39 is 60.2 Å². The Bertz CT molecular complexity index is 631. The monoisotopic (exact) mass is 490 g/mol. The molecule has 0 fully saturated rings. The molecule has 0 radical (unpaired) electrons. The molecule has 30 heavy (non-hydrogen) atoms. The van der Waals surface area contributed by atoms with Crippen molar-refractivity contribution in [1.82, 2.24) is 0 Å². The van der Waals surface area contributed by atoms with Crippen molar-refractivity contribution in [3.05, 3.63) is 12.7 Å². The van der Waals surface area contributed by atoms with Crippen molar-refractivity contribution in [2.24, 2.45) is 0 Å². The molecular weight excluding hydrogens is 483 g/mol. The molecular formula is C12H7F17O. The quantitative estimate of drug-likeness (QED) is 0.314. The van der Waals surface area contributed by atoms with Gasteiger partial charge in [-0.3, -0.25) is 0 Å². The Morgan fingerprint density at radius 2 is 0.800 bits per heavy atom. The van der Waals surface area contributed by atoms with Crippen LogP contribution in [0.25, 0.3) is 0 Å². The first-order chi connectivity index (χ1) is 12.7. The molecule has 1 unspecified atom stereocenters. The average Bonchev–Trinajstić information content (AvgIpc) is 2.51. The van der Waals surface area contributed by atoms with Gasteiger partial charge in [0.2, 0.25) is 0 Å². The highest BCUT2D eigenvalue weighted by atomic mass is 19.4. The van der Waals surface area contributed by atoms with E-state index in [-0.39, 0.29) is 6.08 Å². The number of rotatable bonds is 9. The molecule has 0 aliphatic rings. The number of halogens is 17. The molecule has 0 spiro atoms. The van der Waals surface area contributed by atoms with Crippen LogP contribution in [0.5, 0.6) is 0 Å². The molecule has 180 valence electrons. The third-order valence-corrected chi connectivity index (χ3v) is 3.52. The second-order valence-corrected chi connectivity index (χ2v) is 5.66. The summed E-state index contributed by atoms with van der Waals surface area (Å²) in [7, 11) is 0. The summed E-state index contributed by atoms with van der Waals surface area (Å²) in [5, 5.41) is 8.65. The van der Waals surface area contributed by atoms with Crippen LogP contribution in [0.4, 0.5) is 74.6 Å². The molecule has 0 saturated heterocycles. The topological polar surface area (TPSA) is 20.2 Å². The minimum atomic E-state index is -8.65. The number of hydrogen-bond donors (Lipinski definition) is 1. The predicted molar refractivity (Wildman–Crippen MR) is 61.5 cm³/mol. The molecule has 1 atom stereocenters. The minimum absolute atomic E-state index is 0.0626. The van der Waals surface area contributed by atoms with Crippen LogP contribution in [0.2, 0.25) is 0 Å². The summed E-state index contributed by atoms with van der Waals surface area (Å²) < 4.78 is 219. The van der Waals surface area contributed by atoms with Gasteiger partial charge in [-0.15, -0.1) is 6.58 Å². The van der Waals surface area contributed by atoms with Gasteiger partial charge in [0.05, 0.1) is 6.10 Å². The van der Waals surface area contributed by atoms with Crippen LogP contribution in [0.3, 0.4) is 0 Å². The van der Waals surface area contributed by atoms with Gasteiger partial charge in [0, 0.05) is 6.42 Å². The molecule has 0 aliphatic carbocycles. The van der Waals surface area contributed by atoms with Crippen molar-refractivity contribution in [2.75, 3.05) is 0 Å². The van der Waals surface area contributed by atoms with E-state index in [1.165, 1.54) is 0 Å². The van der Waals surface area contributed by atoms with Crippen LogP contribution < -0.4 is 0 Å². The Morgan fingerprint density at radius 3 is 1.07 bits per heavy atom. The van der Waals surface area contributed by atoms with Gasteiger partial charge in [0.15, 0.2) is 0 Å². The van der Waals surface area contributed by atoms with Crippen LogP contribution >= 0.6 is 0 Å². The second-order valence-electron chi connectivity index (χ2n) is 5.66. The third-order valence-electron chi connectivity index (χ3n) is 3.52. The van der Waals surface area contributed by atoms with Crippen LogP contribution in [0, 0.1) is 0 Å². The van der Waals surface area contributed by atoms with Crippen LogP contribution in [-0.2, 0) is 0 Å². The minimum Gasteiger partial charge on any atom is -0.389 e. The summed E-state index contributed by atoms with van der Waals surface area (Å²) in [5.41, 5.74) is 0. The maximum absolute atomic E-state index is 13.3. The van der Waals surface area contributed by atoms with Crippen molar-refractivity contribution >= 4 is 0 Å². The lowest BCUT2D eigenvalue weighted by atomic mass is 9.87. The van der Waals surface area contributed by atoms with Gasteiger partial charge in [0.1, 0.15) is 0 Å². The first-order valence-corrected chi connectivity index (χ1v) is 6.72. The van der Waals surface area contributed by atoms with Gasteiger partial charge in [-0.05, 0) is 0 Å². The fraction of sp³-hybridized carbons (Fsp3) is 0.833. The summed E-state index contributed by atoms with van der Waals surface area (Å²) in [6.07, 6.45) is -13.7. The van der Waals surface area contributed by atoms with Crippen molar-refractivity contribution in [2.45, 2.75) is 60.2 Å². The van der Waals surface area contributed by atoms with Crippen molar-refractivity contribution in [1.29, 1.82) is 0 Å². The number of alkyl halides is 17. The summed E-state index contributed by atoms with van der Waals surface area (Å²) in [6, 6.07) is 0. The Hall–Kier alpha value is -1.49. The molecule has 0 aromatic heterocycles. The molecule has 0 heterocycles. The smallest absolute Gasteiger partial charge is 0.389 e. The highest BCUT2D eigenvalue weighted by Gasteiger charge is 2.95. The van der Waals surface area contributed by atoms with Gasteiger partial charge in [0.25, 0.3) is 0 Å². The normalized spacial score (nSPS) is 17.1. The molecule has 1 N–H and O–H groups in total. The fourth-order valence-corrected chi connectivity index (χ4v) is 1.67. The molecule has 0 aromatic carbocycles. The Labute approximate surface area is 154 Å². The van der Waals surface area contributed by atoms with Crippen molar-refractivity contribution in [3.8, 4) is 0 Å². The second kappa shape index (κ2) is 7.29. The Morgan fingerprint density at radius 1 is 0.533 bits per heavy atom. The lowest BCUT2D eigenvalue weighted by Gasteiger charge is -2.43. The number of hydrogen-bond acceptors (Lipinski definition) is 1. The van der Waals surface area contributed by atoms with E-state index in [9.17, 15) is 74.6 Å². The zero-order chi connectivity index (χ0) is 25.0. The summed E-state index contributed by atoms with van der Waals surface area (Å²) in [4.78, 5) is 0. The van der Waals surface area contributed by atoms with Crippen LogP contribution in [-0.4, -0.2) is 58.8 Å². The van der Waals surface area contributed by atoms with E-state index >= 15 is 0 Å². The lowest BCUT2D eigenvalue weighted by molar-refractivity contribution is -0.462. The predicted octanol–water partition coefficient (Wildman–Crippen LogP) is 5.93. The molecule has 0 saturated carbocycles. The van der Waals surface area contributed by atoms with Gasteiger partial charge in [-0.2, -0.15) is 74.6 Å². The zero-order valence-corrected chi connectivity index (χ0v) is 13.4. The zero-order valence-electron chi connectivity index (χ0n) is 13.4. The van der Waals surface area contributed by atoms with E-state index in [1.807, 2.05) is 0 Å². The molecule has 0 aromatic rings. The van der Waals surface area contributed by atoms with Crippen molar-refractivity contribution in [3.63, 3.8) is 0 Å². The van der Waals surface area contributed by atoms with Gasteiger partial charge < -0.3 is 5.11 Å². The van der Waals surface area contributed by atoms with E-state index in [4.69, 9.17) is 5.11 Å². The van der Waals surface area contributed by atoms with E-state index in [2.05, 4.69) is 6.58 Å². The largest absolute Gasteiger partial charge is 0.460 e. The highest BCUT2D eigenvalue weighted by molar-refractivity contribution is 5.15. The molecule has 1 nitrogen and oxygen atoms in total. The van der Waals surface area contributed by atoms with Crippen LogP contribution in [0.15, 0.2) is 12.7 Å². The van der Waals surface area contributed by atoms with Crippen LogP contribution in [0.1, 0.15) is 6.42 Å². The summed E-state index contributed by atoms with van der Waals surface area (Å²) >= 11 is 0. The molecule has 0 aliphatic heterocycles. The van der Waals surface area contributed by atoms with Gasteiger partial charge >= 0.3 is 47.6 Å². The van der Waals surface area contributed by atoms with Gasteiger partial charge in [-0.25, -0.2) is 0 Å². The molecule has 0 amide bonds. The first kappa shape index (κ1) is 28.5. The average molecular weight is 490 g/mol. The van der Waals surface area contributed by atoms with Gasteiger partial charge in [-0.1, -0.05) is 6.08 Å². The number of aliphatic hydroxyl groups excluding tert-OH is 1. The van der Waals surface area contributed by atoms with Crippen molar-refractivity contribution < 1.29 is 79.7 Å². The maximum Gasteiger partial charge on any atom is 0.460 e. The lowest BCUT2D eigenvalue weighted by Crippen LogP contribution is -2.74. The summed E-state index contributed by atoms with van der Waals surface area (Å²) in [5.74, 6) is -56.7. The van der Waals surface area contributed by atoms with E-state index in [1.54, 1.807) is 0 Å². The molecule has 0 rings (SSSR count). The SMILES string of the molecule is C=CC(O)CC(F)(F)C(F)(F)C(F)(F)C(F)(F)C(F)(F)C(F)(F)C(F)(F)C(F)(F)F. The Kier molecular flexibility index (Phi) is 6.92. The van der Waals surface area contributed by atoms with E-state index in [0.29, 0.717) is 0 Å². The summed E-state index contributed by atoms with van der Waals surface area (Å²) in [6.45, 7) is 2.49. The fourth-order valence-electron chi connectivity index (χ4n) is 1.67. The maximum atomic E-state index is 13.3. The third kappa shape index (κ3) is 3.68. The highest BCUT2D eigenvalue weighted by Crippen LogP contribution is 2.64. The number of aliphatic hydroxyl groups is 1. The standard InChI is InChI=1S/C12H7F17O/c1-2-4(30)3-5(13,14)6(15,16)7(17,18)8(19,20)9(21,22)10(23,24)11(25,26)12(27,28)29/h2,4,30H,1,3H2. The Balaban J connectivity index is 6.66.